The minimum absolute atomic E-state index is 0.129. The lowest BCUT2D eigenvalue weighted by Crippen LogP contribution is -2.14. The molecule has 2 rings (SSSR count). The molecular weight excluding hydrogens is 399 g/mol. The van der Waals surface area contributed by atoms with Crippen molar-refractivity contribution in [2.45, 2.75) is 6.18 Å². The molecule has 0 fully saturated rings. The van der Waals surface area contributed by atoms with E-state index in [0.717, 1.165) is 9.99 Å². The molecule has 2 aromatic rings. The molecule has 19 heavy (non-hydrogen) atoms. The van der Waals surface area contributed by atoms with Gasteiger partial charge in [-0.25, -0.2) is 0 Å². The number of nitrogens with zero attached hydrogens (tertiary/aromatic N) is 2. The van der Waals surface area contributed by atoms with Crippen LogP contribution in [-0.2, 0) is 6.18 Å². The summed E-state index contributed by atoms with van der Waals surface area (Å²) in [6, 6.07) is 3.33. The molecule has 0 spiro atoms. The summed E-state index contributed by atoms with van der Waals surface area (Å²) in [6.07, 6.45) is -4.90. The molecule has 0 atom stereocenters. The highest BCUT2D eigenvalue weighted by Crippen LogP contribution is 2.38. The minimum Gasteiger partial charge on any atom is -0.480 e. The van der Waals surface area contributed by atoms with Gasteiger partial charge >= 0.3 is 6.18 Å². The van der Waals surface area contributed by atoms with Crippen LogP contribution in [0.3, 0.4) is 0 Å². The lowest BCUT2D eigenvalue weighted by Gasteiger charge is -2.11. The highest BCUT2D eigenvalue weighted by molar-refractivity contribution is 14.1. The number of aromatic nitrogens is 2. The molecule has 9 heteroatoms. The van der Waals surface area contributed by atoms with Crippen LogP contribution in [0.1, 0.15) is 5.56 Å². The van der Waals surface area contributed by atoms with Crippen molar-refractivity contribution in [3.8, 4) is 16.6 Å². The van der Waals surface area contributed by atoms with Gasteiger partial charge in [0.25, 0.3) is 0 Å². The van der Waals surface area contributed by atoms with Gasteiger partial charge in [0, 0.05) is 0 Å². The summed E-state index contributed by atoms with van der Waals surface area (Å²) in [7, 11) is 0.999. The topological polar surface area (TPSA) is 35.0 Å². The molecule has 102 valence electrons. The number of thiophene rings is 1. The molecule has 0 unspecified atom stereocenters. The Morgan fingerprint density at radius 1 is 1.26 bits per heavy atom. The van der Waals surface area contributed by atoms with Crippen molar-refractivity contribution in [1.82, 2.24) is 9.97 Å². The van der Waals surface area contributed by atoms with E-state index in [-0.39, 0.29) is 5.82 Å². The second-order valence-corrected chi connectivity index (χ2v) is 6.30. The van der Waals surface area contributed by atoms with Crippen LogP contribution < -0.4 is 4.74 Å². The number of halogens is 5. The van der Waals surface area contributed by atoms with Crippen molar-refractivity contribution in [2.24, 2.45) is 0 Å². The van der Waals surface area contributed by atoms with Crippen LogP contribution in [-0.4, -0.2) is 17.1 Å². The van der Waals surface area contributed by atoms with Crippen LogP contribution in [0.4, 0.5) is 17.6 Å². The van der Waals surface area contributed by atoms with Gasteiger partial charge in [0.15, 0.2) is 11.4 Å². The van der Waals surface area contributed by atoms with E-state index in [1.54, 1.807) is 12.1 Å². The zero-order chi connectivity index (χ0) is 14.2. The highest BCUT2D eigenvalue weighted by atomic mass is 127. The summed E-state index contributed by atoms with van der Waals surface area (Å²) in [6.45, 7) is 0. The number of methoxy groups -OCH3 is 1. The van der Waals surface area contributed by atoms with Gasteiger partial charge in [-0.15, -0.1) is 11.3 Å². The van der Waals surface area contributed by atoms with Gasteiger partial charge in [0.05, 0.1) is 14.9 Å². The largest absolute Gasteiger partial charge is 0.480 e. The lowest BCUT2D eigenvalue weighted by atomic mass is 10.3. The Morgan fingerprint density at radius 3 is 2.42 bits per heavy atom. The summed E-state index contributed by atoms with van der Waals surface area (Å²) in [5.41, 5.74) is -1.59. The number of ether oxygens (including phenoxy) is 1. The number of hydrogen-bond acceptors (Lipinski definition) is 4. The summed E-state index contributed by atoms with van der Waals surface area (Å²) >= 11 is 3.27. The third-order valence-electron chi connectivity index (χ3n) is 2.10. The van der Waals surface area contributed by atoms with Crippen molar-refractivity contribution in [3.63, 3.8) is 0 Å². The van der Waals surface area contributed by atoms with E-state index >= 15 is 0 Å². The highest BCUT2D eigenvalue weighted by Gasteiger charge is 2.40. The standard InChI is InChI=1S/C10H5F4IN2OS/c1-18-9-6(10(12,13)14)7(11)16-8(17-9)4-2-3-5(15)19-4/h2-3H,1H3. The van der Waals surface area contributed by atoms with Crippen LogP contribution in [0.15, 0.2) is 12.1 Å². The summed E-state index contributed by atoms with van der Waals surface area (Å²) < 4.78 is 56.8. The fourth-order valence-corrected chi connectivity index (χ4v) is 2.90. The van der Waals surface area contributed by atoms with Gasteiger partial charge < -0.3 is 4.74 Å². The Morgan fingerprint density at radius 2 is 1.95 bits per heavy atom. The summed E-state index contributed by atoms with van der Waals surface area (Å²) in [5, 5.41) is 0. The SMILES string of the molecule is COc1nc(-c2ccc(I)s2)nc(F)c1C(F)(F)F. The zero-order valence-corrected chi connectivity index (χ0v) is 12.2. The molecule has 0 radical (unpaired) electrons. The second kappa shape index (κ2) is 5.19. The van der Waals surface area contributed by atoms with E-state index in [0.29, 0.717) is 4.88 Å². The first-order chi connectivity index (χ1) is 8.82. The summed E-state index contributed by atoms with van der Waals surface area (Å²) in [4.78, 5) is 7.34. The zero-order valence-electron chi connectivity index (χ0n) is 9.26. The minimum atomic E-state index is -4.90. The average molecular weight is 404 g/mol. The molecule has 0 N–H and O–H groups in total. The Labute approximate surface area is 122 Å². The maximum Gasteiger partial charge on any atom is 0.426 e. The number of alkyl halides is 3. The van der Waals surface area contributed by atoms with E-state index in [2.05, 4.69) is 14.7 Å². The Balaban J connectivity index is 2.60. The van der Waals surface area contributed by atoms with E-state index in [1.807, 2.05) is 22.6 Å². The molecule has 0 aliphatic carbocycles. The van der Waals surface area contributed by atoms with Crippen LogP contribution in [0, 0.1) is 8.83 Å². The summed E-state index contributed by atoms with van der Waals surface area (Å²) in [5.74, 6) is -2.59. The van der Waals surface area contributed by atoms with Gasteiger partial charge in [-0.05, 0) is 34.7 Å². The van der Waals surface area contributed by atoms with Crippen molar-refractivity contribution in [3.05, 3.63) is 26.5 Å². The van der Waals surface area contributed by atoms with Crippen molar-refractivity contribution < 1.29 is 22.3 Å². The first kappa shape index (κ1) is 14.4. The normalized spacial score (nSPS) is 11.7. The molecule has 0 saturated carbocycles. The van der Waals surface area contributed by atoms with E-state index in [9.17, 15) is 17.6 Å². The first-order valence-electron chi connectivity index (χ1n) is 4.77. The molecule has 0 bridgehead atoms. The van der Waals surface area contributed by atoms with Crippen LogP contribution in [0.25, 0.3) is 10.7 Å². The molecular formula is C10H5F4IN2OS. The number of hydrogen-bond donors (Lipinski definition) is 0. The molecule has 0 amide bonds. The van der Waals surface area contributed by atoms with Crippen LogP contribution >= 0.6 is 33.9 Å². The van der Waals surface area contributed by atoms with Gasteiger partial charge in [0.2, 0.25) is 11.8 Å². The van der Waals surface area contributed by atoms with Crippen molar-refractivity contribution >= 4 is 33.9 Å². The van der Waals surface area contributed by atoms with E-state index in [4.69, 9.17) is 0 Å². The maximum absolute atomic E-state index is 13.5. The molecule has 3 nitrogen and oxygen atoms in total. The third kappa shape index (κ3) is 2.96. The van der Waals surface area contributed by atoms with E-state index < -0.39 is 23.6 Å². The van der Waals surface area contributed by atoms with Crippen molar-refractivity contribution in [2.75, 3.05) is 7.11 Å². The van der Waals surface area contributed by atoms with Gasteiger partial charge in [0.1, 0.15) is 0 Å². The average Bonchev–Trinajstić information content (AvgIpc) is 2.73. The predicted octanol–water partition coefficient (Wildman–Crippen LogP) is 3.98. The fraction of sp³-hybridized carbons (Fsp3) is 0.200. The Bertz CT molecular complexity index is 614. The maximum atomic E-state index is 13.5. The molecule has 2 aromatic heterocycles. The lowest BCUT2D eigenvalue weighted by molar-refractivity contribution is -0.142. The van der Waals surface area contributed by atoms with E-state index in [1.165, 1.54) is 11.3 Å². The molecule has 0 saturated heterocycles. The quantitative estimate of drug-likeness (QED) is 0.432. The van der Waals surface area contributed by atoms with Gasteiger partial charge in [-0.1, -0.05) is 0 Å². The first-order valence-corrected chi connectivity index (χ1v) is 6.67. The van der Waals surface area contributed by atoms with Crippen LogP contribution in [0.2, 0.25) is 0 Å². The Kier molecular flexibility index (Phi) is 3.95. The molecule has 0 aromatic carbocycles. The third-order valence-corrected chi connectivity index (χ3v) is 3.99. The van der Waals surface area contributed by atoms with Gasteiger partial charge in [-0.2, -0.15) is 27.5 Å². The monoisotopic (exact) mass is 404 g/mol. The second-order valence-electron chi connectivity index (χ2n) is 3.32. The molecule has 0 aliphatic rings. The Hall–Kier alpha value is -0.970. The molecule has 2 heterocycles. The molecule has 0 aliphatic heterocycles. The van der Waals surface area contributed by atoms with Gasteiger partial charge in [-0.3, -0.25) is 0 Å². The van der Waals surface area contributed by atoms with Crippen LogP contribution in [0.5, 0.6) is 5.88 Å². The van der Waals surface area contributed by atoms with Crippen molar-refractivity contribution in [1.29, 1.82) is 0 Å². The number of rotatable bonds is 2. The predicted molar refractivity (Wildman–Crippen MR) is 69.6 cm³/mol. The fourth-order valence-electron chi connectivity index (χ4n) is 1.34. The smallest absolute Gasteiger partial charge is 0.426 e.